The van der Waals surface area contributed by atoms with Crippen LogP contribution in [0.15, 0.2) is 36.5 Å². The highest BCUT2D eigenvalue weighted by Gasteiger charge is 2.26. The van der Waals surface area contributed by atoms with Crippen molar-refractivity contribution in [2.24, 2.45) is 0 Å². The van der Waals surface area contributed by atoms with Gasteiger partial charge >= 0.3 is 0 Å². The molecule has 110 valence electrons. The minimum Gasteiger partial charge on any atom is -0.321 e. The van der Waals surface area contributed by atoms with Crippen LogP contribution >= 0.6 is 0 Å². The number of piperazine rings is 1. The SMILES string of the molecule is CN1CCNCC1C(=O)Nc1cn[nH]c1-c1ccccc1. The molecule has 1 aliphatic rings. The number of amides is 1. The number of rotatable bonds is 3. The van der Waals surface area contributed by atoms with Crippen molar-refractivity contribution in [2.45, 2.75) is 6.04 Å². The third-order valence-electron chi connectivity index (χ3n) is 3.77. The number of anilines is 1. The summed E-state index contributed by atoms with van der Waals surface area (Å²) in [6, 6.07) is 9.69. The van der Waals surface area contributed by atoms with Gasteiger partial charge in [0.2, 0.25) is 5.91 Å². The van der Waals surface area contributed by atoms with Crippen LogP contribution in [0.2, 0.25) is 0 Å². The first-order valence-corrected chi connectivity index (χ1v) is 7.06. The van der Waals surface area contributed by atoms with Crippen molar-refractivity contribution in [3.05, 3.63) is 36.5 Å². The van der Waals surface area contributed by atoms with E-state index < -0.39 is 0 Å². The molecule has 0 aliphatic carbocycles. The summed E-state index contributed by atoms with van der Waals surface area (Å²) in [5.41, 5.74) is 2.54. The van der Waals surface area contributed by atoms with E-state index in [4.69, 9.17) is 0 Å². The van der Waals surface area contributed by atoms with Gasteiger partial charge in [0.05, 0.1) is 17.6 Å². The van der Waals surface area contributed by atoms with Gasteiger partial charge in [-0.05, 0) is 7.05 Å². The van der Waals surface area contributed by atoms with Gasteiger partial charge in [-0.3, -0.25) is 14.8 Å². The van der Waals surface area contributed by atoms with E-state index in [1.54, 1.807) is 6.20 Å². The Kier molecular flexibility index (Phi) is 3.98. The van der Waals surface area contributed by atoms with Gasteiger partial charge in [-0.1, -0.05) is 30.3 Å². The van der Waals surface area contributed by atoms with Crippen molar-refractivity contribution in [1.82, 2.24) is 20.4 Å². The molecule has 1 fully saturated rings. The molecule has 3 rings (SSSR count). The molecule has 6 heteroatoms. The summed E-state index contributed by atoms with van der Waals surface area (Å²) in [4.78, 5) is 14.5. The highest BCUT2D eigenvalue weighted by Crippen LogP contribution is 2.25. The van der Waals surface area contributed by atoms with Crippen molar-refractivity contribution in [2.75, 3.05) is 32.0 Å². The highest BCUT2D eigenvalue weighted by molar-refractivity contribution is 5.97. The molecule has 0 spiro atoms. The smallest absolute Gasteiger partial charge is 0.243 e. The van der Waals surface area contributed by atoms with Crippen molar-refractivity contribution in [1.29, 1.82) is 0 Å². The first-order chi connectivity index (χ1) is 10.3. The fraction of sp³-hybridized carbons (Fsp3) is 0.333. The molecule has 1 aromatic carbocycles. The quantitative estimate of drug-likeness (QED) is 0.784. The third-order valence-corrected chi connectivity index (χ3v) is 3.77. The van der Waals surface area contributed by atoms with E-state index in [0.717, 1.165) is 24.3 Å². The van der Waals surface area contributed by atoms with Crippen molar-refractivity contribution < 1.29 is 4.79 Å². The van der Waals surface area contributed by atoms with Crippen LogP contribution in [0.3, 0.4) is 0 Å². The lowest BCUT2D eigenvalue weighted by Gasteiger charge is -2.31. The summed E-state index contributed by atoms with van der Waals surface area (Å²) < 4.78 is 0. The third kappa shape index (κ3) is 2.96. The van der Waals surface area contributed by atoms with Crippen molar-refractivity contribution in [3.8, 4) is 11.3 Å². The van der Waals surface area contributed by atoms with E-state index in [1.807, 2.05) is 37.4 Å². The summed E-state index contributed by atoms with van der Waals surface area (Å²) >= 11 is 0. The average Bonchev–Trinajstić information content (AvgIpc) is 2.96. The van der Waals surface area contributed by atoms with Gasteiger partial charge in [-0.25, -0.2) is 0 Å². The van der Waals surface area contributed by atoms with Gasteiger partial charge < -0.3 is 10.6 Å². The number of hydrogen-bond donors (Lipinski definition) is 3. The Bertz CT molecular complexity index is 610. The number of carbonyl (C=O) groups is 1. The van der Waals surface area contributed by atoms with Crippen molar-refractivity contribution >= 4 is 11.6 Å². The summed E-state index contributed by atoms with van der Waals surface area (Å²) in [5, 5.41) is 13.2. The second-order valence-electron chi connectivity index (χ2n) is 5.21. The van der Waals surface area contributed by atoms with Gasteiger partial charge in [-0.2, -0.15) is 5.10 Å². The lowest BCUT2D eigenvalue weighted by Crippen LogP contribution is -2.54. The number of nitrogens with zero attached hydrogens (tertiary/aromatic N) is 2. The van der Waals surface area contributed by atoms with Crippen LogP contribution in [0.25, 0.3) is 11.3 Å². The Labute approximate surface area is 123 Å². The Morgan fingerprint density at radius 1 is 1.38 bits per heavy atom. The number of likely N-dealkylation sites (N-methyl/N-ethyl adjacent to an activating group) is 1. The molecule has 0 saturated carbocycles. The van der Waals surface area contributed by atoms with E-state index in [-0.39, 0.29) is 11.9 Å². The predicted octanol–water partition coefficient (Wildman–Crippen LogP) is 0.919. The molecule has 0 bridgehead atoms. The van der Waals surface area contributed by atoms with Gasteiger partial charge in [0.1, 0.15) is 6.04 Å². The topological polar surface area (TPSA) is 73.1 Å². The molecular formula is C15H19N5O. The standard InChI is InChI=1S/C15H19N5O/c1-20-8-7-16-10-13(20)15(21)18-12-9-17-19-14(12)11-5-3-2-4-6-11/h2-6,9,13,16H,7-8,10H2,1H3,(H,17,19)(H,18,21). The molecule has 2 heterocycles. The molecule has 0 radical (unpaired) electrons. The van der Waals surface area contributed by atoms with Crippen LogP contribution in [0.1, 0.15) is 0 Å². The van der Waals surface area contributed by atoms with Crippen LogP contribution in [-0.4, -0.2) is 53.7 Å². The molecular weight excluding hydrogens is 266 g/mol. The Balaban J connectivity index is 1.77. The molecule has 1 saturated heterocycles. The maximum absolute atomic E-state index is 12.4. The lowest BCUT2D eigenvalue weighted by molar-refractivity contribution is -0.121. The van der Waals surface area contributed by atoms with Crippen molar-refractivity contribution in [3.63, 3.8) is 0 Å². The number of nitrogens with one attached hydrogen (secondary N) is 3. The molecule has 6 nitrogen and oxygen atoms in total. The summed E-state index contributed by atoms with van der Waals surface area (Å²) in [7, 11) is 1.97. The lowest BCUT2D eigenvalue weighted by atomic mass is 10.1. The number of H-pyrrole nitrogens is 1. The number of aromatic amines is 1. The molecule has 1 aromatic heterocycles. The second-order valence-corrected chi connectivity index (χ2v) is 5.21. The fourth-order valence-corrected chi connectivity index (χ4v) is 2.52. The molecule has 3 N–H and O–H groups in total. The predicted molar refractivity (Wildman–Crippen MR) is 81.9 cm³/mol. The van der Waals surface area contributed by atoms with Crippen LogP contribution in [-0.2, 0) is 4.79 Å². The summed E-state index contributed by atoms with van der Waals surface area (Å²) in [6.07, 6.45) is 1.65. The second kappa shape index (κ2) is 6.07. The Morgan fingerprint density at radius 3 is 2.95 bits per heavy atom. The highest BCUT2D eigenvalue weighted by atomic mass is 16.2. The van der Waals surface area contributed by atoms with E-state index >= 15 is 0 Å². The largest absolute Gasteiger partial charge is 0.321 e. The van der Waals surface area contributed by atoms with Gasteiger partial charge in [-0.15, -0.1) is 0 Å². The van der Waals surface area contributed by atoms with Crippen LogP contribution in [0.5, 0.6) is 0 Å². The molecule has 2 aromatic rings. The van der Waals surface area contributed by atoms with Gasteiger partial charge in [0.15, 0.2) is 0 Å². The zero-order valence-electron chi connectivity index (χ0n) is 12.0. The number of carbonyl (C=O) groups excluding carboxylic acids is 1. The van der Waals surface area contributed by atoms with E-state index in [2.05, 4.69) is 25.7 Å². The first kappa shape index (κ1) is 13.8. The molecule has 1 aliphatic heterocycles. The molecule has 1 amide bonds. The van der Waals surface area contributed by atoms with Crippen LogP contribution in [0, 0.1) is 0 Å². The minimum absolute atomic E-state index is 0.0109. The Morgan fingerprint density at radius 2 is 2.19 bits per heavy atom. The van der Waals surface area contributed by atoms with Crippen LogP contribution in [0.4, 0.5) is 5.69 Å². The average molecular weight is 285 g/mol. The van der Waals surface area contributed by atoms with E-state index in [9.17, 15) is 4.79 Å². The van der Waals surface area contributed by atoms with Gasteiger partial charge in [0, 0.05) is 25.2 Å². The monoisotopic (exact) mass is 285 g/mol. The zero-order valence-corrected chi connectivity index (χ0v) is 12.0. The fourth-order valence-electron chi connectivity index (χ4n) is 2.52. The first-order valence-electron chi connectivity index (χ1n) is 7.06. The normalized spacial score (nSPS) is 19.4. The number of aromatic nitrogens is 2. The maximum atomic E-state index is 12.4. The molecule has 1 atom stereocenters. The van der Waals surface area contributed by atoms with Gasteiger partial charge in [0.25, 0.3) is 0 Å². The molecule has 1 unspecified atom stereocenters. The minimum atomic E-state index is -0.155. The summed E-state index contributed by atoms with van der Waals surface area (Å²) in [5.74, 6) is -0.0109. The number of benzene rings is 1. The molecule has 21 heavy (non-hydrogen) atoms. The van der Waals surface area contributed by atoms with E-state index in [0.29, 0.717) is 12.2 Å². The maximum Gasteiger partial charge on any atom is 0.243 e. The summed E-state index contributed by atoms with van der Waals surface area (Å²) in [6.45, 7) is 2.46. The number of hydrogen-bond acceptors (Lipinski definition) is 4. The Hall–Kier alpha value is -2.18. The van der Waals surface area contributed by atoms with E-state index in [1.165, 1.54) is 0 Å². The zero-order chi connectivity index (χ0) is 14.7. The van der Waals surface area contributed by atoms with Crippen LogP contribution < -0.4 is 10.6 Å².